The van der Waals surface area contributed by atoms with Crippen molar-refractivity contribution in [3.05, 3.63) is 90.0 Å². The number of nitrogens with zero attached hydrogens (tertiary/aromatic N) is 2. The minimum atomic E-state index is -0.0587. The lowest BCUT2D eigenvalue weighted by molar-refractivity contribution is -0.116. The van der Waals surface area contributed by atoms with Gasteiger partial charge in [-0.05, 0) is 17.2 Å². The lowest BCUT2D eigenvalue weighted by atomic mass is 10.2. The summed E-state index contributed by atoms with van der Waals surface area (Å²) in [6.45, 7) is 2.46. The summed E-state index contributed by atoms with van der Waals surface area (Å²) >= 11 is 0. The van der Waals surface area contributed by atoms with Crippen molar-refractivity contribution in [2.75, 3.05) is 4.90 Å². The Labute approximate surface area is 147 Å². The molecule has 4 nitrogen and oxygen atoms in total. The Hall–Kier alpha value is -3.14. The summed E-state index contributed by atoms with van der Waals surface area (Å²) < 4.78 is 5.76. The van der Waals surface area contributed by atoms with Crippen molar-refractivity contribution in [1.82, 2.24) is 4.98 Å². The fourth-order valence-corrected chi connectivity index (χ4v) is 2.49. The number of anilines is 1. The fraction of sp³-hybridized carbons (Fsp3) is 0.143. The monoisotopic (exact) mass is 332 g/mol. The second kappa shape index (κ2) is 8.11. The van der Waals surface area contributed by atoms with E-state index in [9.17, 15) is 4.79 Å². The van der Waals surface area contributed by atoms with Gasteiger partial charge in [0.15, 0.2) is 0 Å². The molecule has 1 heterocycles. The van der Waals surface area contributed by atoms with Crippen LogP contribution < -0.4 is 9.64 Å². The molecule has 0 spiro atoms. The van der Waals surface area contributed by atoms with E-state index in [0.717, 1.165) is 11.1 Å². The molecule has 0 aliphatic carbocycles. The predicted octanol–water partition coefficient (Wildman–Crippen LogP) is 4.21. The molecule has 3 rings (SSSR count). The zero-order chi connectivity index (χ0) is 17.5. The zero-order valence-corrected chi connectivity index (χ0v) is 14.1. The average molecular weight is 332 g/mol. The third-order valence-electron chi connectivity index (χ3n) is 3.78. The van der Waals surface area contributed by atoms with Crippen molar-refractivity contribution in [3.63, 3.8) is 0 Å². The van der Waals surface area contributed by atoms with E-state index in [0.29, 0.717) is 24.8 Å². The Morgan fingerprint density at radius 2 is 1.52 bits per heavy atom. The summed E-state index contributed by atoms with van der Waals surface area (Å²) in [6, 6.07) is 25.2. The van der Waals surface area contributed by atoms with Crippen molar-refractivity contribution >= 4 is 11.7 Å². The van der Waals surface area contributed by atoms with E-state index >= 15 is 0 Å². The number of hydrogen-bond donors (Lipinski definition) is 0. The molecular weight excluding hydrogens is 312 g/mol. The number of rotatable bonds is 6. The van der Waals surface area contributed by atoms with Gasteiger partial charge in [-0.25, -0.2) is 0 Å². The van der Waals surface area contributed by atoms with Gasteiger partial charge in [-0.3, -0.25) is 9.69 Å². The predicted molar refractivity (Wildman–Crippen MR) is 98.3 cm³/mol. The first kappa shape index (κ1) is 16.7. The normalized spacial score (nSPS) is 10.3. The number of pyridine rings is 1. The molecule has 0 atom stereocenters. The van der Waals surface area contributed by atoms with Gasteiger partial charge in [0.05, 0.1) is 6.54 Å². The molecule has 0 saturated heterocycles. The number of carbonyl (C=O) groups is 1. The Morgan fingerprint density at radius 1 is 0.880 bits per heavy atom. The van der Waals surface area contributed by atoms with Gasteiger partial charge in [-0.1, -0.05) is 66.7 Å². The second-order valence-electron chi connectivity index (χ2n) is 5.70. The highest BCUT2D eigenvalue weighted by atomic mass is 16.5. The van der Waals surface area contributed by atoms with Crippen LogP contribution in [0.2, 0.25) is 0 Å². The van der Waals surface area contributed by atoms with E-state index < -0.39 is 0 Å². The van der Waals surface area contributed by atoms with Gasteiger partial charge in [0.1, 0.15) is 12.4 Å². The third-order valence-corrected chi connectivity index (χ3v) is 3.78. The first-order valence-electron chi connectivity index (χ1n) is 8.18. The van der Waals surface area contributed by atoms with Crippen LogP contribution in [-0.4, -0.2) is 10.9 Å². The molecule has 2 aromatic carbocycles. The van der Waals surface area contributed by atoms with Gasteiger partial charge in [0.2, 0.25) is 11.8 Å². The molecule has 0 aliphatic heterocycles. The summed E-state index contributed by atoms with van der Waals surface area (Å²) in [5, 5.41) is 0. The Kier molecular flexibility index (Phi) is 5.42. The lowest BCUT2D eigenvalue weighted by Gasteiger charge is -2.20. The SMILES string of the molecule is CC(=O)N(Cc1ccccc1)c1cccc(OCc2ccccc2)n1. The summed E-state index contributed by atoms with van der Waals surface area (Å²) in [4.78, 5) is 18.2. The maximum absolute atomic E-state index is 12.1. The van der Waals surface area contributed by atoms with Crippen molar-refractivity contribution in [2.24, 2.45) is 0 Å². The first-order chi connectivity index (χ1) is 12.2. The number of carbonyl (C=O) groups excluding carboxylic acids is 1. The quantitative estimate of drug-likeness (QED) is 0.679. The third kappa shape index (κ3) is 4.67. The number of hydrogen-bond acceptors (Lipinski definition) is 3. The highest BCUT2D eigenvalue weighted by Gasteiger charge is 2.14. The van der Waals surface area contributed by atoms with Gasteiger partial charge in [-0.15, -0.1) is 0 Å². The van der Waals surface area contributed by atoms with Crippen LogP contribution in [0.25, 0.3) is 0 Å². The molecular formula is C21H20N2O2. The zero-order valence-electron chi connectivity index (χ0n) is 14.1. The molecule has 126 valence electrons. The summed E-state index contributed by atoms with van der Waals surface area (Å²) in [5.74, 6) is 1.03. The van der Waals surface area contributed by atoms with Crippen LogP contribution in [0.3, 0.4) is 0 Å². The summed E-state index contributed by atoms with van der Waals surface area (Å²) in [7, 11) is 0. The molecule has 0 bridgehead atoms. The van der Waals surface area contributed by atoms with Crippen LogP contribution in [0.5, 0.6) is 5.88 Å². The maximum atomic E-state index is 12.1. The molecule has 1 aromatic heterocycles. The van der Waals surface area contributed by atoms with Gasteiger partial charge in [0.25, 0.3) is 0 Å². The van der Waals surface area contributed by atoms with Crippen LogP contribution in [0.1, 0.15) is 18.1 Å². The fourth-order valence-electron chi connectivity index (χ4n) is 2.49. The van der Waals surface area contributed by atoms with Crippen molar-refractivity contribution in [2.45, 2.75) is 20.1 Å². The molecule has 4 heteroatoms. The van der Waals surface area contributed by atoms with Crippen LogP contribution in [0.4, 0.5) is 5.82 Å². The van der Waals surface area contributed by atoms with Gasteiger partial charge < -0.3 is 4.74 Å². The first-order valence-corrected chi connectivity index (χ1v) is 8.18. The van der Waals surface area contributed by atoms with Gasteiger partial charge in [0, 0.05) is 13.0 Å². The van der Waals surface area contributed by atoms with E-state index in [1.54, 1.807) is 17.9 Å². The number of benzene rings is 2. The summed E-state index contributed by atoms with van der Waals surface area (Å²) in [5.41, 5.74) is 2.12. The molecule has 0 saturated carbocycles. The largest absolute Gasteiger partial charge is 0.473 e. The van der Waals surface area contributed by atoms with E-state index in [1.807, 2.05) is 72.8 Å². The average Bonchev–Trinajstić information content (AvgIpc) is 2.66. The highest BCUT2D eigenvalue weighted by Crippen LogP contribution is 2.19. The Bertz CT molecular complexity index is 820. The minimum absolute atomic E-state index is 0.0587. The van der Waals surface area contributed by atoms with E-state index in [-0.39, 0.29) is 5.91 Å². The van der Waals surface area contributed by atoms with Crippen LogP contribution >= 0.6 is 0 Å². The molecule has 0 N–H and O–H groups in total. The topological polar surface area (TPSA) is 42.4 Å². The maximum Gasteiger partial charge on any atom is 0.225 e. The second-order valence-corrected chi connectivity index (χ2v) is 5.70. The van der Waals surface area contributed by atoms with E-state index in [1.165, 1.54) is 0 Å². The smallest absolute Gasteiger partial charge is 0.225 e. The van der Waals surface area contributed by atoms with E-state index in [2.05, 4.69) is 4.98 Å². The Morgan fingerprint density at radius 3 is 2.16 bits per heavy atom. The molecule has 3 aromatic rings. The van der Waals surface area contributed by atoms with Crippen LogP contribution in [0, 0.1) is 0 Å². The molecule has 0 unspecified atom stereocenters. The highest BCUT2D eigenvalue weighted by molar-refractivity contribution is 5.90. The Balaban J connectivity index is 1.74. The standard InChI is InChI=1S/C21H20N2O2/c1-17(24)23(15-18-9-4-2-5-10-18)20-13-8-14-21(22-20)25-16-19-11-6-3-7-12-19/h2-14H,15-16H2,1H3. The molecule has 1 amide bonds. The number of amides is 1. The van der Waals surface area contributed by atoms with Crippen molar-refractivity contribution in [1.29, 1.82) is 0 Å². The van der Waals surface area contributed by atoms with Crippen LogP contribution in [0.15, 0.2) is 78.9 Å². The molecule has 25 heavy (non-hydrogen) atoms. The number of aromatic nitrogens is 1. The molecule has 0 fully saturated rings. The van der Waals surface area contributed by atoms with Crippen molar-refractivity contribution in [3.8, 4) is 5.88 Å². The number of ether oxygens (including phenoxy) is 1. The minimum Gasteiger partial charge on any atom is -0.473 e. The molecule has 0 radical (unpaired) electrons. The summed E-state index contributed by atoms with van der Waals surface area (Å²) in [6.07, 6.45) is 0. The van der Waals surface area contributed by atoms with Gasteiger partial charge >= 0.3 is 0 Å². The van der Waals surface area contributed by atoms with Crippen molar-refractivity contribution < 1.29 is 9.53 Å². The lowest BCUT2D eigenvalue weighted by Crippen LogP contribution is -2.28. The van der Waals surface area contributed by atoms with E-state index in [4.69, 9.17) is 4.74 Å². The molecule has 0 aliphatic rings. The van der Waals surface area contributed by atoms with Gasteiger partial charge in [-0.2, -0.15) is 4.98 Å². The van der Waals surface area contributed by atoms with Crippen LogP contribution in [-0.2, 0) is 17.9 Å².